The Balaban J connectivity index is 3.97. The van der Waals surface area contributed by atoms with E-state index in [1.807, 2.05) is 18.7 Å². The van der Waals surface area contributed by atoms with Crippen LogP contribution in [0, 0.1) is 0 Å². The maximum atomic E-state index is 10.5. The monoisotopic (exact) mass is 230 g/mol. The molecule has 0 aliphatic rings. The standard InChI is InChI=1S/C10H22N4O2/c1-3-13-10(12)14(4-2)7-5-6-8(11)9(15)16/h8H,3-7,11H2,1-2H3,(H2,12,13)(H,15,16)/t8-/m0/s1. The molecule has 0 aromatic rings. The van der Waals surface area contributed by atoms with Gasteiger partial charge >= 0.3 is 5.97 Å². The number of aliphatic carboxylic acids is 1. The number of hydrogen-bond donors (Lipinski definition) is 3. The molecule has 0 fully saturated rings. The third kappa shape index (κ3) is 5.55. The fraction of sp³-hybridized carbons (Fsp3) is 0.800. The first-order valence-corrected chi connectivity index (χ1v) is 5.56. The highest BCUT2D eigenvalue weighted by Gasteiger charge is 2.12. The predicted molar refractivity (Wildman–Crippen MR) is 64.3 cm³/mol. The fourth-order valence-electron chi connectivity index (χ4n) is 1.32. The van der Waals surface area contributed by atoms with E-state index in [0.29, 0.717) is 31.9 Å². The van der Waals surface area contributed by atoms with Crippen molar-refractivity contribution in [2.75, 3.05) is 19.6 Å². The third-order valence-electron chi connectivity index (χ3n) is 2.29. The molecule has 0 bridgehead atoms. The van der Waals surface area contributed by atoms with E-state index in [4.69, 9.17) is 16.6 Å². The van der Waals surface area contributed by atoms with Gasteiger partial charge in [0.25, 0.3) is 0 Å². The van der Waals surface area contributed by atoms with E-state index in [-0.39, 0.29) is 0 Å². The molecule has 1 atom stereocenters. The molecule has 0 heterocycles. The highest BCUT2D eigenvalue weighted by molar-refractivity contribution is 5.78. The van der Waals surface area contributed by atoms with Crippen LogP contribution in [0.4, 0.5) is 0 Å². The Hall–Kier alpha value is -1.30. The normalized spacial score (nSPS) is 13.6. The van der Waals surface area contributed by atoms with Crippen molar-refractivity contribution < 1.29 is 9.90 Å². The second kappa shape index (κ2) is 7.92. The molecule has 0 unspecified atom stereocenters. The smallest absolute Gasteiger partial charge is 0.320 e. The molecule has 16 heavy (non-hydrogen) atoms. The molecule has 0 aliphatic carbocycles. The van der Waals surface area contributed by atoms with Crippen molar-refractivity contribution in [3.63, 3.8) is 0 Å². The Morgan fingerprint density at radius 3 is 2.56 bits per heavy atom. The van der Waals surface area contributed by atoms with Crippen LogP contribution in [0.1, 0.15) is 26.7 Å². The molecule has 0 rings (SSSR count). The van der Waals surface area contributed by atoms with Crippen LogP contribution in [0.5, 0.6) is 0 Å². The minimum Gasteiger partial charge on any atom is -0.480 e. The molecule has 0 radical (unpaired) electrons. The van der Waals surface area contributed by atoms with Crippen LogP contribution in [-0.2, 0) is 4.79 Å². The predicted octanol–water partition coefficient (Wildman–Crippen LogP) is -0.165. The van der Waals surface area contributed by atoms with Crippen molar-refractivity contribution in [3.05, 3.63) is 0 Å². The molecule has 0 aromatic heterocycles. The SMILES string of the molecule is CCN=C(N)N(CC)CCC[C@H](N)C(=O)O. The number of nitrogens with two attached hydrogens (primary N) is 2. The Kier molecular flexibility index (Phi) is 7.28. The van der Waals surface area contributed by atoms with Gasteiger partial charge in [0.2, 0.25) is 0 Å². The van der Waals surface area contributed by atoms with Gasteiger partial charge in [-0.2, -0.15) is 0 Å². The van der Waals surface area contributed by atoms with E-state index >= 15 is 0 Å². The van der Waals surface area contributed by atoms with Crippen LogP contribution in [0.3, 0.4) is 0 Å². The van der Waals surface area contributed by atoms with Crippen LogP contribution in [0.25, 0.3) is 0 Å². The fourth-order valence-corrected chi connectivity index (χ4v) is 1.32. The summed E-state index contributed by atoms with van der Waals surface area (Å²) in [4.78, 5) is 16.5. The number of aliphatic imine (C=N–C) groups is 1. The van der Waals surface area contributed by atoms with Gasteiger partial charge in [0.05, 0.1) is 0 Å². The van der Waals surface area contributed by atoms with Crippen molar-refractivity contribution in [1.82, 2.24) is 4.90 Å². The summed E-state index contributed by atoms with van der Waals surface area (Å²) in [5, 5.41) is 8.61. The van der Waals surface area contributed by atoms with Gasteiger partial charge in [0, 0.05) is 19.6 Å². The van der Waals surface area contributed by atoms with E-state index in [1.165, 1.54) is 0 Å². The maximum absolute atomic E-state index is 10.5. The summed E-state index contributed by atoms with van der Waals surface area (Å²) >= 11 is 0. The number of carboxylic acid groups (broad SMARTS) is 1. The molecule has 0 amide bonds. The first-order chi connectivity index (χ1) is 7.52. The van der Waals surface area contributed by atoms with Gasteiger partial charge in [0.1, 0.15) is 6.04 Å². The summed E-state index contributed by atoms with van der Waals surface area (Å²) in [6.45, 7) is 6.00. The van der Waals surface area contributed by atoms with Crippen molar-refractivity contribution in [1.29, 1.82) is 0 Å². The molecule has 5 N–H and O–H groups in total. The van der Waals surface area contributed by atoms with Crippen LogP contribution >= 0.6 is 0 Å². The zero-order chi connectivity index (χ0) is 12.6. The van der Waals surface area contributed by atoms with Gasteiger partial charge in [-0.25, -0.2) is 0 Å². The third-order valence-corrected chi connectivity index (χ3v) is 2.29. The number of nitrogens with zero attached hydrogens (tertiary/aromatic N) is 2. The lowest BCUT2D eigenvalue weighted by Gasteiger charge is -2.22. The average Bonchev–Trinajstić information content (AvgIpc) is 2.24. The molecule has 0 saturated heterocycles. The summed E-state index contributed by atoms with van der Waals surface area (Å²) in [6, 6.07) is -0.789. The number of rotatable bonds is 7. The summed E-state index contributed by atoms with van der Waals surface area (Å²) < 4.78 is 0. The topological polar surface area (TPSA) is 105 Å². The van der Waals surface area contributed by atoms with Crippen LogP contribution in [0.15, 0.2) is 4.99 Å². The zero-order valence-electron chi connectivity index (χ0n) is 10.0. The number of carboxylic acids is 1. The van der Waals surface area contributed by atoms with E-state index in [2.05, 4.69) is 4.99 Å². The Bertz CT molecular complexity index is 243. The number of guanidine groups is 1. The number of carbonyl (C=O) groups is 1. The second-order valence-electron chi connectivity index (χ2n) is 3.50. The summed E-state index contributed by atoms with van der Waals surface area (Å²) in [5.41, 5.74) is 11.1. The van der Waals surface area contributed by atoms with Gasteiger partial charge in [-0.1, -0.05) is 0 Å². The molecule has 0 aliphatic heterocycles. The van der Waals surface area contributed by atoms with E-state index in [9.17, 15) is 4.79 Å². The van der Waals surface area contributed by atoms with E-state index < -0.39 is 12.0 Å². The molecule has 0 aromatic carbocycles. The molecular formula is C10H22N4O2. The second-order valence-corrected chi connectivity index (χ2v) is 3.50. The van der Waals surface area contributed by atoms with Gasteiger partial charge in [-0.05, 0) is 26.7 Å². The van der Waals surface area contributed by atoms with Gasteiger partial charge in [0.15, 0.2) is 5.96 Å². The minimum absolute atomic E-state index is 0.450. The maximum Gasteiger partial charge on any atom is 0.320 e. The number of hydrogen-bond acceptors (Lipinski definition) is 3. The van der Waals surface area contributed by atoms with E-state index in [1.54, 1.807) is 0 Å². The first-order valence-electron chi connectivity index (χ1n) is 5.56. The quantitative estimate of drug-likeness (QED) is 0.416. The van der Waals surface area contributed by atoms with Crippen LogP contribution in [0.2, 0.25) is 0 Å². The van der Waals surface area contributed by atoms with Crippen molar-refractivity contribution in [2.24, 2.45) is 16.5 Å². The van der Waals surface area contributed by atoms with Gasteiger partial charge in [-0.3, -0.25) is 9.79 Å². The Labute approximate surface area is 96.3 Å². The summed E-state index contributed by atoms with van der Waals surface area (Å²) in [7, 11) is 0. The highest BCUT2D eigenvalue weighted by Crippen LogP contribution is 1.98. The zero-order valence-corrected chi connectivity index (χ0v) is 10.0. The molecule has 0 saturated carbocycles. The van der Waals surface area contributed by atoms with Crippen molar-refractivity contribution in [2.45, 2.75) is 32.7 Å². The van der Waals surface area contributed by atoms with E-state index in [0.717, 1.165) is 6.54 Å². The largest absolute Gasteiger partial charge is 0.480 e. The van der Waals surface area contributed by atoms with Crippen LogP contribution < -0.4 is 11.5 Å². The lowest BCUT2D eigenvalue weighted by atomic mass is 10.1. The lowest BCUT2D eigenvalue weighted by Crippen LogP contribution is -2.39. The molecule has 6 nitrogen and oxygen atoms in total. The molecule has 6 heteroatoms. The Morgan fingerprint density at radius 1 is 1.50 bits per heavy atom. The summed E-state index contributed by atoms with van der Waals surface area (Å²) in [5.74, 6) is -0.452. The van der Waals surface area contributed by atoms with Gasteiger partial charge in [-0.15, -0.1) is 0 Å². The van der Waals surface area contributed by atoms with Crippen molar-refractivity contribution in [3.8, 4) is 0 Å². The first kappa shape index (κ1) is 14.7. The van der Waals surface area contributed by atoms with Crippen molar-refractivity contribution >= 4 is 11.9 Å². The molecule has 94 valence electrons. The Morgan fingerprint density at radius 2 is 2.12 bits per heavy atom. The van der Waals surface area contributed by atoms with Crippen LogP contribution in [-0.4, -0.2) is 47.6 Å². The van der Waals surface area contributed by atoms with Gasteiger partial charge < -0.3 is 21.5 Å². The average molecular weight is 230 g/mol. The molecule has 0 spiro atoms. The highest BCUT2D eigenvalue weighted by atomic mass is 16.4. The molecular weight excluding hydrogens is 208 g/mol. The minimum atomic E-state index is -0.960. The lowest BCUT2D eigenvalue weighted by molar-refractivity contribution is -0.138. The summed E-state index contributed by atoms with van der Waals surface area (Å²) in [6.07, 6.45) is 1.15.